The van der Waals surface area contributed by atoms with Gasteiger partial charge in [-0.05, 0) is 18.9 Å². The lowest BCUT2D eigenvalue weighted by Crippen LogP contribution is -2.57. The average Bonchev–Trinajstić information content (AvgIpc) is 2.92. The molecule has 2 heterocycles. The third-order valence-electron chi connectivity index (χ3n) is 4.18. The molecule has 1 aliphatic heterocycles. The summed E-state index contributed by atoms with van der Waals surface area (Å²) in [5.74, 6) is 0.124. The number of carbonyl (C=O) groups is 2. The van der Waals surface area contributed by atoms with Crippen molar-refractivity contribution in [3.8, 4) is 0 Å². The first kappa shape index (κ1) is 16.5. The molecule has 0 radical (unpaired) electrons. The van der Waals surface area contributed by atoms with Crippen molar-refractivity contribution in [2.45, 2.75) is 52.1 Å². The second-order valence-corrected chi connectivity index (χ2v) is 6.04. The van der Waals surface area contributed by atoms with E-state index >= 15 is 0 Å². The van der Waals surface area contributed by atoms with E-state index in [0.717, 1.165) is 24.8 Å². The molecule has 1 saturated heterocycles. The van der Waals surface area contributed by atoms with Gasteiger partial charge in [0.15, 0.2) is 0 Å². The van der Waals surface area contributed by atoms with Gasteiger partial charge in [-0.15, -0.1) is 0 Å². The number of likely N-dealkylation sites (N-methyl/N-ethyl adjacent to an activating group) is 1. The highest BCUT2D eigenvalue weighted by Crippen LogP contribution is 2.17. The van der Waals surface area contributed by atoms with Crippen LogP contribution in [0.3, 0.4) is 0 Å². The Balaban J connectivity index is 1.97. The fourth-order valence-electron chi connectivity index (χ4n) is 2.83. The van der Waals surface area contributed by atoms with Crippen molar-refractivity contribution < 1.29 is 9.59 Å². The van der Waals surface area contributed by atoms with E-state index in [1.54, 1.807) is 20.7 Å². The van der Waals surface area contributed by atoms with Crippen LogP contribution in [0.1, 0.15) is 38.2 Å². The van der Waals surface area contributed by atoms with Gasteiger partial charge < -0.3 is 9.80 Å². The molecule has 0 saturated carbocycles. The van der Waals surface area contributed by atoms with Gasteiger partial charge in [0, 0.05) is 39.3 Å². The summed E-state index contributed by atoms with van der Waals surface area (Å²) >= 11 is 0. The highest BCUT2D eigenvalue weighted by atomic mass is 16.2. The van der Waals surface area contributed by atoms with Gasteiger partial charge in [0.1, 0.15) is 6.04 Å². The predicted molar refractivity (Wildman–Crippen MR) is 84.2 cm³/mol. The molecule has 2 amide bonds. The Bertz CT molecular complexity index is 526. The van der Waals surface area contributed by atoms with Crippen molar-refractivity contribution in [1.29, 1.82) is 0 Å². The van der Waals surface area contributed by atoms with Gasteiger partial charge >= 0.3 is 0 Å². The van der Waals surface area contributed by atoms with Crippen LogP contribution in [0.15, 0.2) is 12.4 Å². The summed E-state index contributed by atoms with van der Waals surface area (Å²) in [4.78, 5) is 28.4. The number of hydrogen-bond acceptors (Lipinski definition) is 3. The summed E-state index contributed by atoms with van der Waals surface area (Å²) < 4.78 is 1.78. The number of aromatic nitrogens is 2. The first-order chi connectivity index (χ1) is 10.5. The molecule has 2 rings (SSSR count). The third-order valence-corrected chi connectivity index (χ3v) is 4.18. The maximum atomic E-state index is 12.5. The number of amides is 2. The quantitative estimate of drug-likeness (QED) is 0.799. The Morgan fingerprint density at radius 2 is 2.18 bits per heavy atom. The molecule has 0 N–H and O–H groups in total. The van der Waals surface area contributed by atoms with Crippen molar-refractivity contribution in [1.82, 2.24) is 19.6 Å². The van der Waals surface area contributed by atoms with Crippen molar-refractivity contribution >= 4 is 11.8 Å². The van der Waals surface area contributed by atoms with Crippen LogP contribution in [-0.4, -0.2) is 57.6 Å². The van der Waals surface area contributed by atoms with Crippen LogP contribution >= 0.6 is 0 Å². The maximum Gasteiger partial charge on any atom is 0.245 e. The average molecular weight is 306 g/mol. The largest absolute Gasteiger partial charge is 0.342 e. The Hall–Kier alpha value is -1.85. The SMILES string of the molecule is CCCCC1C(=O)N(C)CCN1C(=O)CCn1cc(C)cn1. The second-order valence-electron chi connectivity index (χ2n) is 6.04. The standard InChI is InChI=1S/C16H26N4O2/c1-4-5-6-14-16(22)18(3)9-10-20(14)15(21)7-8-19-12-13(2)11-17-19/h11-12,14H,4-10H2,1-3H3. The molecule has 0 spiro atoms. The van der Waals surface area contributed by atoms with Crippen LogP contribution in [0.2, 0.25) is 0 Å². The molecule has 0 aliphatic carbocycles. The third kappa shape index (κ3) is 3.87. The first-order valence-electron chi connectivity index (χ1n) is 8.06. The molecule has 122 valence electrons. The van der Waals surface area contributed by atoms with Gasteiger partial charge in [-0.25, -0.2) is 0 Å². The van der Waals surface area contributed by atoms with E-state index in [0.29, 0.717) is 26.1 Å². The van der Waals surface area contributed by atoms with E-state index in [1.165, 1.54) is 0 Å². The van der Waals surface area contributed by atoms with Crippen molar-refractivity contribution in [2.75, 3.05) is 20.1 Å². The Labute approximate surface area is 132 Å². The maximum absolute atomic E-state index is 12.5. The minimum absolute atomic E-state index is 0.0516. The van der Waals surface area contributed by atoms with Gasteiger partial charge in [0.2, 0.25) is 11.8 Å². The van der Waals surface area contributed by atoms with Gasteiger partial charge in [-0.3, -0.25) is 14.3 Å². The Morgan fingerprint density at radius 1 is 1.41 bits per heavy atom. The number of piperazine rings is 1. The van der Waals surface area contributed by atoms with Gasteiger partial charge in [-0.1, -0.05) is 19.8 Å². The normalized spacial score (nSPS) is 18.9. The van der Waals surface area contributed by atoms with E-state index < -0.39 is 0 Å². The molecule has 0 aromatic carbocycles. The monoisotopic (exact) mass is 306 g/mol. The summed E-state index contributed by atoms with van der Waals surface area (Å²) in [5, 5.41) is 4.20. The van der Waals surface area contributed by atoms with Crippen LogP contribution < -0.4 is 0 Å². The van der Waals surface area contributed by atoms with Gasteiger partial charge in [0.05, 0.1) is 6.20 Å². The van der Waals surface area contributed by atoms with Crippen molar-refractivity contribution in [3.63, 3.8) is 0 Å². The molecule has 1 fully saturated rings. The van der Waals surface area contributed by atoms with Crippen molar-refractivity contribution in [3.05, 3.63) is 18.0 Å². The molecule has 1 unspecified atom stereocenters. The molecule has 6 heteroatoms. The minimum Gasteiger partial charge on any atom is -0.342 e. The van der Waals surface area contributed by atoms with Crippen LogP contribution in [0.4, 0.5) is 0 Å². The molecular weight excluding hydrogens is 280 g/mol. The zero-order valence-corrected chi connectivity index (χ0v) is 13.8. The zero-order valence-electron chi connectivity index (χ0n) is 13.8. The number of unbranched alkanes of at least 4 members (excludes halogenated alkanes) is 1. The van der Waals surface area contributed by atoms with E-state index in [9.17, 15) is 9.59 Å². The molecule has 1 aromatic heterocycles. The van der Waals surface area contributed by atoms with E-state index in [1.807, 2.05) is 20.2 Å². The summed E-state index contributed by atoms with van der Waals surface area (Å²) in [6.45, 7) is 5.89. The summed E-state index contributed by atoms with van der Waals surface area (Å²) in [6, 6.07) is -0.287. The van der Waals surface area contributed by atoms with Gasteiger partial charge in [0.25, 0.3) is 0 Å². The summed E-state index contributed by atoms with van der Waals surface area (Å²) in [6.07, 6.45) is 6.85. The van der Waals surface area contributed by atoms with Crippen molar-refractivity contribution in [2.24, 2.45) is 0 Å². The fourth-order valence-corrected chi connectivity index (χ4v) is 2.83. The molecule has 1 atom stereocenters. The lowest BCUT2D eigenvalue weighted by atomic mass is 10.0. The zero-order chi connectivity index (χ0) is 16.1. The Morgan fingerprint density at radius 3 is 2.82 bits per heavy atom. The highest BCUT2D eigenvalue weighted by molar-refractivity contribution is 5.88. The number of carbonyl (C=O) groups excluding carboxylic acids is 2. The van der Waals surface area contributed by atoms with Crippen LogP contribution in [0.25, 0.3) is 0 Å². The summed E-state index contributed by atoms with van der Waals surface area (Å²) in [7, 11) is 1.82. The number of rotatable bonds is 6. The predicted octanol–water partition coefficient (Wildman–Crippen LogP) is 1.44. The number of aryl methyl sites for hydroxylation is 2. The summed E-state index contributed by atoms with van der Waals surface area (Å²) in [5.41, 5.74) is 1.09. The van der Waals surface area contributed by atoms with Crippen LogP contribution in [0.5, 0.6) is 0 Å². The molecule has 0 bridgehead atoms. The minimum atomic E-state index is -0.287. The fraction of sp³-hybridized carbons (Fsp3) is 0.688. The topological polar surface area (TPSA) is 58.4 Å². The number of nitrogens with zero attached hydrogens (tertiary/aromatic N) is 4. The van der Waals surface area contributed by atoms with E-state index in [-0.39, 0.29) is 17.9 Å². The molecular formula is C16H26N4O2. The smallest absolute Gasteiger partial charge is 0.245 e. The van der Waals surface area contributed by atoms with Gasteiger partial charge in [-0.2, -0.15) is 5.10 Å². The molecule has 1 aliphatic rings. The lowest BCUT2D eigenvalue weighted by Gasteiger charge is -2.39. The lowest BCUT2D eigenvalue weighted by molar-refractivity contribution is -0.150. The molecule has 22 heavy (non-hydrogen) atoms. The first-order valence-corrected chi connectivity index (χ1v) is 8.06. The van der Waals surface area contributed by atoms with Crippen LogP contribution in [-0.2, 0) is 16.1 Å². The second kappa shape index (κ2) is 7.42. The number of hydrogen-bond donors (Lipinski definition) is 0. The molecule has 1 aromatic rings. The Kier molecular flexibility index (Phi) is 5.57. The van der Waals surface area contributed by atoms with E-state index in [2.05, 4.69) is 12.0 Å². The highest BCUT2D eigenvalue weighted by Gasteiger charge is 2.34. The molecule has 6 nitrogen and oxygen atoms in total. The van der Waals surface area contributed by atoms with E-state index in [4.69, 9.17) is 0 Å². The van der Waals surface area contributed by atoms with Crippen LogP contribution in [0, 0.1) is 6.92 Å².